The van der Waals surface area contributed by atoms with E-state index < -0.39 is 11.7 Å². The summed E-state index contributed by atoms with van der Waals surface area (Å²) in [7, 11) is 1.77. The minimum Gasteiger partial charge on any atom is -0.336 e. The summed E-state index contributed by atoms with van der Waals surface area (Å²) < 4.78 is 15.7. The van der Waals surface area contributed by atoms with Crippen LogP contribution >= 0.6 is 11.6 Å². The van der Waals surface area contributed by atoms with Crippen molar-refractivity contribution in [2.75, 3.05) is 0 Å². The van der Waals surface area contributed by atoms with E-state index >= 15 is 0 Å². The molecule has 2 aliphatic heterocycles. The first-order valence-corrected chi connectivity index (χ1v) is 10.3. The number of hydrogen-bond acceptors (Lipinski definition) is 3. The first-order valence-electron chi connectivity index (χ1n) is 9.87. The standard InChI is InChI=1S/C21H22ClFN4O/c1-11(19-17-16(26(2)25-19)4-3-15(23)18(17)22)20(28)27-13-5-12-6-14(27)9-21(7-12,8-13)10-24/h3-4,11-14H,5-9H2,1-2H3. The number of amides is 1. The molecule has 6 rings (SSSR count). The molecule has 2 aromatic rings. The third-order valence-electron chi connectivity index (χ3n) is 7.14. The molecule has 2 aliphatic carbocycles. The summed E-state index contributed by atoms with van der Waals surface area (Å²) in [5.41, 5.74) is 0.987. The molecular formula is C21H22ClFN4O. The highest BCUT2D eigenvalue weighted by Crippen LogP contribution is 2.56. The number of halogens is 2. The molecule has 3 heterocycles. The van der Waals surface area contributed by atoms with Gasteiger partial charge < -0.3 is 4.90 Å². The van der Waals surface area contributed by atoms with E-state index in [4.69, 9.17) is 11.6 Å². The molecular weight excluding hydrogens is 379 g/mol. The molecule has 2 saturated heterocycles. The highest BCUT2D eigenvalue weighted by molar-refractivity contribution is 6.35. The maximum atomic E-state index is 14.1. The highest BCUT2D eigenvalue weighted by atomic mass is 35.5. The fourth-order valence-electron chi connectivity index (χ4n) is 6.09. The second kappa shape index (κ2) is 5.93. The maximum Gasteiger partial charge on any atom is 0.232 e. The van der Waals surface area contributed by atoms with Gasteiger partial charge >= 0.3 is 0 Å². The van der Waals surface area contributed by atoms with Crippen molar-refractivity contribution < 1.29 is 9.18 Å². The van der Waals surface area contributed by atoms with E-state index in [1.807, 2.05) is 11.8 Å². The number of rotatable bonds is 2. The number of hydrogen-bond donors (Lipinski definition) is 0. The van der Waals surface area contributed by atoms with Gasteiger partial charge in [0.2, 0.25) is 5.91 Å². The van der Waals surface area contributed by atoms with Crippen LogP contribution in [0.5, 0.6) is 0 Å². The fourth-order valence-corrected chi connectivity index (χ4v) is 6.34. The van der Waals surface area contributed by atoms with Crippen LogP contribution < -0.4 is 0 Å². The van der Waals surface area contributed by atoms with E-state index in [1.165, 1.54) is 6.07 Å². The Labute approximate surface area is 168 Å². The number of aromatic nitrogens is 2. The number of aryl methyl sites for hydroxylation is 1. The van der Waals surface area contributed by atoms with Crippen LogP contribution in [0.2, 0.25) is 5.02 Å². The summed E-state index contributed by atoms with van der Waals surface area (Å²) in [6.07, 6.45) is 4.49. The van der Waals surface area contributed by atoms with Crippen molar-refractivity contribution in [3.63, 3.8) is 0 Å². The molecule has 0 N–H and O–H groups in total. The van der Waals surface area contributed by atoms with Crippen LogP contribution in [-0.4, -0.2) is 32.7 Å². The normalized spacial score (nSPS) is 32.0. The third-order valence-corrected chi connectivity index (χ3v) is 7.51. The molecule has 7 heteroatoms. The Hall–Kier alpha value is -2.13. The minimum absolute atomic E-state index is 0.0159. The van der Waals surface area contributed by atoms with Crippen molar-refractivity contribution in [1.29, 1.82) is 5.26 Å². The topological polar surface area (TPSA) is 61.9 Å². The molecule has 1 aromatic heterocycles. The molecule has 0 radical (unpaired) electrons. The first-order chi connectivity index (χ1) is 13.3. The Morgan fingerprint density at radius 1 is 1.36 bits per heavy atom. The fraction of sp³-hybridized carbons (Fsp3) is 0.571. The maximum absolute atomic E-state index is 14.1. The van der Waals surface area contributed by atoms with Gasteiger partial charge in [-0.3, -0.25) is 9.48 Å². The summed E-state index contributed by atoms with van der Waals surface area (Å²) in [6.45, 7) is 1.83. The lowest BCUT2D eigenvalue weighted by Gasteiger charge is -2.59. The van der Waals surface area contributed by atoms with Gasteiger partial charge in [0.05, 0.1) is 33.6 Å². The number of carbonyl (C=O) groups is 1. The van der Waals surface area contributed by atoms with Crippen molar-refractivity contribution in [3.8, 4) is 6.07 Å². The Bertz CT molecular complexity index is 1030. The van der Waals surface area contributed by atoms with E-state index in [0.29, 0.717) is 22.5 Å². The lowest BCUT2D eigenvalue weighted by Crippen LogP contribution is -2.63. The van der Waals surface area contributed by atoms with Gasteiger partial charge in [-0.25, -0.2) is 4.39 Å². The van der Waals surface area contributed by atoms with Crippen molar-refractivity contribution in [1.82, 2.24) is 14.7 Å². The predicted octanol–water partition coefficient (Wildman–Crippen LogP) is 4.15. The average molecular weight is 401 g/mol. The van der Waals surface area contributed by atoms with Gasteiger partial charge in [0.1, 0.15) is 5.82 Å². The van der Waals surface area contributed by atoms with Gasteiger partial charge in [0.15, 0.2) is 0 Å². The van der Waals surface area contributed by atoms with Gasteiger partial charge in [-0.1, -0.05) is 11.6 Å². The van der Waals surface area contributed by atoms with Crippen LogP contribution in [0, 0.1) is 28.5 Å². The molecule has 146 valence electrons. The summed E-state index contributed by atoms with van der Waals surface area (Å²) in [5, 5.41) is 14.8. The van der Waals surface area contributed by atoms with E-state index in [1.54, 1.807) is 17.8 Å². The van der Waals surface area contributed by atoms with E-state index in [0.717, 1.165) is 32.1 Å². The Morgan fingerprint density at radius 3 is 2.68 bits per heavy atom. The highest BCUT2D eigenvalue weighted by Gasteiger charge is 2.56. The van der Waals surface area contributed by atoms with Crippen molar-refractivity contribution in [2.45, 2.75) is 57.0 Å². The van der Waals surface area contributed by atoms with E-state index in [-0.39, 0.29) is 28.4 Å². The van der Waals surface area contributed by atoms with Gasteiger partial charge in [-0.2, -0.15) is 10.4 Å². The largest absolute Gasteiger partial charge is 0.336 e. The summed E-state index contributed by atoms with van der Waals surface area (Å²) >= 11 is 6.25. The molecule has 1 amide bonds. The molecule has 4 bridgehead atoms. The quantitative estimate of drug-likeness (QED) is 0.760. The van der Waals surface area contributed by atoms with E-state index in [9.17, 15) is 14.4 Å². The van der Waals surface area contributed by atoms with Crippen molar-refractivity contribution in [2.24, 2.45) is 18.4 Å². The van der Waals surface area contributed by atoms with Crippen LogP contribution in [0.1, 0.15) is 50.6 Å². The van der Waals surface area contributed by atoms with Crippen molar-refractivity contribution in [3.05, 3.63) is 28.7 Å². The molecule has 3 unspecified atom stereocenters. The zero-order valence-electron chi connectivity index (χ0n) is 16.0. The minimum atomic E-state index is -0.515. The average Bonchev–Trinajstić information content (AvgIpc) is 3.00. The van der Waals surface area contributed by atoms with Gasteiger partial charge in [0, 0.05) is 24.5 Å². The summed E-state index contributed by atoms with van der Waals surface area (Å²) in [5.74, 6) is -0.453. The van der Waals surface area contributed by atoms with Crippen LogP contribution in [0.25, 0.3) is 10.9 Å². The zero-order valence-corrected chi connectivity index (χ0v) is 16.7. The second-order valence-electron chi connectivity index (χ2n) is 8.88. The number of carbonyl (C=O) groups excluding carboxylic acids is 1. The molecule has 1 aromatic carbocycles. The molecule has 28 heavy (non-hydrogen) atoms. The third kappa shape index (κ3) is 2.35. The van der Waals surface area contributed by atoms with Crippen LogP contribution in [-0.2, 0) is 11.8 Å². The number of piperidine rings is 2. The van der Waals surface area contributed by atoms with E-state index in [2.05, 4.69) is 11.2 Å². The monoisotopic (exact) mass is 400 g/mol. The Morgan fingerprint density at radius 2 is 2.04 bits per heavy atom. The van der Waals surface area contributed by atoms with Gasteiger partial charge in [0.25, 0.3) is 0 Å². The molecule has 4 aliphatic rings. The molecule has 4 fully saturated rings. The number of nitrogens with zero attached hydrogens (tertiary/aromatic N) is 4. The first kappa shape index (κ1) is 17.9. The lowest BCUT2D eigenvalue weighted by molar-refractivity contribution is -0.154. The van der Waals surface area contributed by atoms with Crippen LogP contribution in [0.3, 0.4) is 0 Å². The lowest BCUT2D eigenvalue weighted by atomic mass is 9.56. The van der Waals surface area contributed by atoms with Crippen LogP contribution in [0.4, 0.5) is 4.39 Å². The summed E-state index contributed by atoms with van der Waals surface area (Å²) in [4.78, 5) is 15.5. The Kier molecular flexibility index (Phi) is 3.80. The molecule has 0 spiro atoms. The molecule has 3 atom stereocenters. The zero-order chi connectivity index (χ0) is 19.8. The van der Waals surface area contributed by atoms with Crippen molar-refractivity contribution >= 4 is 28.4 Å². The molecule has 2 saturated carbocycles. The number of fused-ring (bicyclic) bond motifs is 1. The number of benzene rings is 1. The predicted molar refractivity (Wildman–Crippen MR) is 103 cm³/mol. The second-order valence-corrected chi connectivity index (χ2v) is 9.26. The number of nitriles is 1. The Balaban J connectivity index is 1.51. The van der Waals surface area contributed by atoms with Gasteiger partial charge in [-0.05, 0) is 57.1 Å². The van der Waals surface area contributed by atoms with Gasteiger partial charge in [-0.15, -0.1) is 0 Å². The molecule has 5 nitrogen and oxygen atoms in total. The smallest absolute Gasteiger partial charge is 0.232 e. The SMILES string of the molecule is CC(C(=O)N1C2CC3CC1CC(C#N)(C3)C2)c1nn(C)c2ccc(F)c(Cl)c12. The van der Waals surface area contributed by atoms with Crippen LogP contribution in [0.15, 0.2) is 12.1 Å². The summed E-state index contributed by atoms with van der Waals surface area (Å²) in [6, 6.07) is 5.78.